The fraction of sp³-hybridized carbons (Fsp3) is 0.565. The van der Waals surface area contributed by atoms with Crippen LogP contribution in [0.15, 0.2) is 18.2 Å². The van der Waals surface area contributed by atoms with E-state index in [9.17, 15) is 9.59 Å². The first-order chi connectivity index (χ1) is 16.7. The molecule has 1 unspecified atom stereocenters. The van der Waals surface area contributed by atoms with Gasteiger partial charge in [-0.3, -0.25) is 19.4 Å². The number of carbonyl (C=O) groups is 2. The second-order valence-corrected chi connectivity index (χ2v) is 10.1. The minimum Gasteiger partial charge on any atom is -0.454 e. The molecule has 0 radical (unpaired) electrons. The molecule has 5 heterocycles. The van der Waals surface area contributed by atoms with Crippen LogP contribution in [0, 0.1) is 0 Å². The number of aromatic nitrogens is 2. The summed E-state index contributed by atoms with van der Waals surface area (Å²) in [5, 5.41) is 9.98. The summed E-state index contributed by atoms with van der Waals surface area (Å²) in [4.78, 5) is 33.6. The Labute approximate surface area is 202 Å². The molecule has 2 amide bonds. The number of ether oxygens (including phenoxy) is 2. The number of fused-ring (bicyclic) bond motifs is 1. The highest BCUT2D eigenvalue weighted by Gasteiger charge is 2.37. The zero-order valence-corrected chi connectivity index (χ0v) is 19.8. The highest BCUT2D eigenvalue weighted by molar-refractivity contribution is 7.19. The quantitative estimate of drug-likeness (QED) is 0.634. The maximum Gasteiger partial charge on any atom is 0.245 e. The lowest BCUT2D eigenvalue weighted by molar-refractivity contribution is -0.134. The zero-order valence-electron chi connectivity index (χ0n) is 19.0. The first kappa shape index (κ1) is 21.6. The van der Waals surface area contributed by atoms with Gasteiger partial charge in [0.25, 0.3) is 0 Å². The summed E-state index contributed by atoms with van der Waals surface area (Å²) in [6.07, 6.45) is 3.21. The van der Waals surface area contributed by atoms with Gasteiger partial charge in [-0.15, -0.1) is 10.2 Å². The van der Waals surface area contributed by atoms with Crippen molar-refractivity contribution in [2.75, 3.05) is 55.9 Å². The second kappa shape index (κ2) is 9.03. The summed E-state index contributed by atoms with van der Waals surface area (Å²) in [5.74, 6) is 1.89. The van der Waals surface area contributed by atoms with Gasteiger partial charge in [-0.05, 0) is 37.0 Å². The number of amides is 2. The minimum atomic E-state index is -0.199. The Morgan fingerprint density at radius 2 is 1.82 bits per heavy atom. The lowest BCUT2D eigenvalue weighted by atomic mass is 10.1. The van der Waals surface area contributed by atoms with Crippen molar-refractivity contribution in [1.29, 1.82) is 0 Å². The van der Waals surface area contributed by atoms with Crippen molar-refractivity contribution in [2.24, 2.45) is 0 Å². The Morgan fingerprint density at radius 3 is 2.65 bits per heavy atom. The van der Waals surface area contributed by atoms with Gasteiger partial charge in [-0.2, -0.15) is 0 Å². The molecule has 6 rings (SSSR count). The number of anilines is 2. The van der Waals surface area contributed by atoms with Crippen LogP contribution in [0.2, 0.25) is 0 Å². The first-order valence-corrected chi connectivity index (χ1v) is 12.8. The molecule has 0 spiro atoms. The molecule has 1 atom stereocenters. The van der Waals surface area contributed by atoms with Gasteiger partial charge in [0.15, 0.2) is 11.5 Å². The standard InChI is InChI=1S/C23H28N6O4S/c30-20-4-2-8-29(20)23-25-24-22(34-23)28-7-1-3-17(28)21(31)27-11-9-26(10-12-27)14-16-5-6-18-19(13-16)33-15-32-18/h5-6,13,17H,1-4,7-12,14-15H2. The third kappa shape index (κ3) is 4.07. The van der Waals surface area contributed by atoms with Crippen LogP contribution in [0.1, 0.15) is 31.2 Å². The largest absolute Gasteiger partial charge is 0.454 e. The Bertz CT molecular complexity index is 1090. The van der Waals surface area contributed by atoms with E-state index < -0.39 is 0 Å². The molecule has 1 aromatic heterocycles. The molecule has 0 bridgehead atoms. The molecule has 4 aliphatic heterocycles. The van der Waals surface area contributed by atoms with E-state index in [0.29, 0.717) is 18.1 Å². The van der Waals surface area contributed by atoms with E-state index in [1.807, 2.05) is 17.0 Å². The van der Waals surface area contributed by atoms with Gasteiger partial charge in [-0.25, -0.2) is 0 Å². The van der Waals surface area contributed by atoms with Crippen molar-refractivity contribution in [3.8, 4) is 11.5 Å². The summed E-state index contributed by atoms with van der Waals surface area (Å²) in [7, 11) is 0. The van der Waals surface area contributed by atoms with Crippen molar-refractivity contribution < 1.29 is 19.1 Å². The van der Waals surface area contributed by atoms with Gasteiger partial charge in [0.05, 0.1) is 0 Å². The van der Waals surface area contributed by atoms with E-state index >= 15 is 0 Å². The number of piperazine rings is 1. The molecule has 34 heavy (non-hydrogen) atoms. The van der Waals surface area contributed by atoms with Crippen molar-refractivity contribution in [3.63, 3.8) is 0 Å². The van der Waals surface area contributed by atoms with Crippen molar-refractivity contribution in [1.82, 2.24) is 20.0 Å². The van der Waals surface area contributed by atoms with Crippen LogP contribution >= 0.6 is 11.3 Å². The maximum absolute atomic E-state index is 13.4. The van der Waals surface area contributed by atoms with E-state index in [0.717, 1.165) is 75.2 Å². The molecule has 11 heteroatoms. The Balaban J connectivity index is 1.06. The molecule has 3 fully saturated rings. The van der Waals surface area contributed by atoms with E-state index in [4.69, 9.17) is 9.47 Å². The normalized spacial score (nSPS) is 22.8. The molecule has 0 saturated carbocycles. The number of nitrogens with zero attached hydrogens (tertiary/aromatic N) is 6. The number of benzene rings is 1. The van der Waals surface area contributed by atoms with Gasteiger partial charge >= 0.3 is 0 Å². The lowest BCUT2D eigenvalue weighted by Gasteiger charge is -2.37. The fourth-order valence-corrected chi connectivity index (χ4v) is 6.14. The average molecular weight is 485 g/mol. The average Bonchev–Trinajstić information content (AvgIpc) is 3.65. The predicted octanol–water partition coefficient (Wildman–Crippen LogP) is 1.71. The summed E-state index contributed by atoms with van der Waals surface area (Å²) < 4.78 is 10.9. The zero-order chi connectivity index (χ0) is 23.1. The van der Waals surface area contributed by atoms with Gasteiger partial charge in [0, 0.05) is 52.2 Å². The maximum atomic E-state index is 13.4. The second-order valence-electron chi connectivity index (χ2n) is 9.16. The van der Waals surface area contributed by atoms with E-state index in [2.05, 4.69) is 26.1 Å². The van der Waals surface area contributed by atoms with Crippen molar-refractivity contribution in [2.45, 2.75) is 38.3 Å². The SMILES string of the molecule is O=C(C1CCCN1c1nnc(N2CCCC2=O)s1)N1CCN(Cc2ccc3c(c2)OCO3)CC1. The molecule has 4 aliphatic rings. The van der Waals surface area contributed by atoms with Gasteiger partial charge in [0.2, 0.25) is 28.9 Å². The van der Waals surface area contributed by atoms with Crippen LogP contribution in [0.25, 0.3) is 0 Å². The van der Waals surface area contributed by atoms with Gasteiger partial charge < -0.3 is 19.3 Å². The summed E-state index contributed by atoms with van der Waals surface area (Å²) in [6.45, 7) is 5.73. The number of hydrogen-bond acceptors (Lipinski definition) is 9. The molecular weight excluding hydrogens is 456 g/mol. The van der Waals surface area contributed by atoms with Crippen molar-refractivity contribution in [3.05, 3.63) is 23.8 Å². The van der Waals surface area contributed by atoms with Crippen LogP contribution in [0.3, 0.4) is 0 Å². The number of hydrogen-bond donors (Lipinski definition) is 0. The molecule has 180 valence electrons. The molecule has 10 nitrogen and oxygen atoms in total. The predicted molar refractivity (Wildman–Crippen MR) is 126 cm³/mol. The van der Waals surface area contributed by atoms with Crippen molar-refractivity contribution >= 4 is 33.4 Å². The van der Waals surface area contributed by atoms with E-state index in [1.54, 1.807) is 4.90 Å². The third-order valence-electron chi connectivity index (χ3n) is 7.02. The summed E-state index contributed by atoms with van der Waals surface area (Å²) in [5.41, 5.74) is 1.19. The topological polar surface area (TPSA) is 91.3 Å². The Kier molecular flexibility index (Phi) is 5.74. The Hall–Kier alpha value is -2.92. The van der Waals surface area contributed by atoms with Crippen LogP contribution in [-0.4, -0.2) is 83.9 Å². The minimum absolute atomic E-state index is 0.107. The van der Waals surface area contributed by atoms with E-state index in [1.165, 1.54) is 16.9 Å². The smallest absolute Gasteiger partial charge is 0.245 e. The van der Waals surface area contributed by atoms with Crippen LogP contribution < -0.4 is 19.3 Å². The van der Waals surface area contributed by atoms with Crippen LogP contribution in [-0.2, 0) is 16.1 Å². The third-order valence-corrected chi connectivity index (χ3v) is 8.00. The number of carbonyl (C=O) groups excluding carboxylic acids is 2. The van der Waals surface area contributed by atoms with Gasteiger partial charge in [0.1, 0.15) is 6.04 Å². The lowest BCUT2D eigenvalue weighted by Crippen LogP contribution is -2.53. The highest BCUT2D eigenvalue weighted by atomic mass is 32.1. The Morgan fingerprint density at radius 1 is 1.00 bits per heavy atom. The summed E-state index contributed by atoms with van der Waals surface area (Å²) in [6, 6.07) is 5.89. The fourth-order valence-electron chi connectivity index (χ4n) is 5.17. The summed E-state index contributed by atoms with van der Waals surface area (Å²) >= 11 is 1.42. The van der Waals surface area contributed by atoms with E-state index in [-0.39, 0.29) is 24.6 Å². The molecule has 2 aromatic rings. The van der Waals surface area contributed by atoms with Crippen LogP contribution in [0.5, 0.6) is 11.5 Å². The monoisotopic (exact) mass is 484 g/mol. The molecule has 3 saturated heterocycles. The highest BCUT2D eigenvalue weighted by Crippen LogP contribution is 2.35. The number of rotatable bonds is 5. The van der Waals surface area contributed by atoms with Gasteiger partial charge in [-0.1, -0.05) is 17.4 Å². The molecule has 0 N–H and O–H groups in total. The molecular formula is C23H28N6O4S. The molecule has 1 aromatic carbocycles. The first-order valence-electron chi connectivity index (χ1n) is 12.0. The molecule has 0 aliphatic carbocycles. The van der Waals surface area contributed by atoms with Crippen LogP contribution in [0.4, 0.5) is 10.3 Å².